The number of para-hydroxylation sites is 1. The van der Waals surface area contributed by atoms with Crippen LogP contribution in [0.5, 0.6) is 5.75 Å². The van der Waals surface area contributed by atoms with E-state index in [9.17, 15) is 23.1 Å². The van der Waals surface area contributed by atoms with E-state index < -0.39 is 11.7 Å². The summed E-state index contributed by atoms with van der Waals surface area (Å²) in [6, 6.07) is 11.3. The minimum absolute atomic E-state index is 0.00971. The van der Waals surface area contributed by atoms with Gasteiger partial charge in [-0.1, -0.05) is 36.4 Å². The third-order valence-corrected chi connectivity index (χ3v) is 3.92. The van der Waals surface area contributed by atoms with E-state index in [1.165, 1.54) is 31.3 Å². The number of hydrogen-bond donors (Lipinski definition) is 1. The van der Waals surface area contributed by atoms with Crippen LogP contribution in [0.4, 0.5) is 13.2 Å². The molecule has 138 valence electrons. The van der Waals surface area contributed by atoms with Crippen molar-refractivity contribution < 1.29 is 23.1 Å². The molecule has 4 nitrogen and oxygen atoms in total. The zero-order valence-electron chi connectivity index (χ0n) is 14.2. The first-order valence-electron chi connectivity index (χ1n) is 8.00. The molecule has 0 unspecified atom stereocenters. The molecule has 0 saturated heterocycles. The Balaban J connectivity index is 1.98. The minimum Gasteiger partial charge on any atom is -0.507 e. The van der Waals surface area contributed by atoms with Crippen molar-refractivity contribution in [3.8, 4) is 17.0 Å². The summed E-state index contributed by atoms with van der Waals surface area (Å²) < 4.78 is 39.1. The van der Waals surface area contributed by atoms with Crippen molar-refractivity contribution in [2.24, 2.45) is 0 Å². The first-order chi connectivity index (χ1) is 12.8. The van der Waals surface area contributed by atoms with Crippen LogP contribution >= 0.6 is 0 Å². The molecule has 3 rings (SSSR count). The van der Waals surface area contributed by atoms with Crippen molar-refractivity contribution in [2.45, 2.75) is 13.1 Å². The standard InChI is InChI=1S/C20H15F3N2O2/c1-13(26)25-12-15(19(24-25)17-4-2-3-5-18(17)27)9-6-14-7-10-16(11-8-14)20(21,22)23/h2-12,27H,1H3/b9-6-. The van der Waals surface area contributed by atoms with Gasteiger partial charge in [0.05, 0.1) is 5.56 Å². The molecule has 0 aliphatic rings. The van der Waals surface area contributed by atoms with Crippen molar-refractivity contribution in [1.29, 1.82) is 0 Å². The van der Waals surface area contributed by atoms with Gasteiger partial charge >= 0.3 is 6.18 Å². The number of aromatic nitrogens is 2. The Kier molecular flexibility index (Phi) is 4.85. The molecule has 1 N–H and O–H groups in total. The quantitative estimate of drug-likeness (QED) is 0.695. The van der Waals surface area contributed by atoms with Crippen molar-refractivity contribution in [3.05, 3.63) is 71.4 Å². The number of phenolic OH excluding ortho intramolecular Hbond substituents is 1. The zero-order chi connectivity index (χ0) is 19.6. The van der Waals surface area contributed by atoms with Gasteiger partial charge in [0.1, 0.15) is 11.4 Å². The predicted molar refractivity (Wildman–Crippen MR) is 96.0 cm³/mol. The lowest BCUT2D eigenvalue weighted by molar-refractivity contribution is -0.137. The number of phenols is 1. The second kappa shape index (κ2) is 7.11. The molecule has 0 atom stereocenters. The van der Waals surface area contributed by atoms with Gasteiger partial charge in [-0.05, 0) is 29.8 Å². The Morgan fingerprint density at radius 1 is 1.07 bits per heavy atom. The molecular formula is C20H15F3N2O2. The van der Waals surface area contributed by atoms with E-state index in [4.69, 9.17) is 0 Å². The summed E-state index contributed by atoms with van der Waals surface area (Å²) in [4.78, 5) is 11.6. The smallest absolute Gasteiger partial charge is 0.416 e. The molecule has 1 heterocycles. The number of rotatable bonds is 3. The fraction of sp³-hybridized carbons (Fsp3) is 0.100. The molecule has 3 aromatic rings. The Hall–Kier alpha value is -3.35. The van der Waals surface area contributed by atoms with Crippen molar-refractivity contribution in [2.75, 3.05) is 0 Å². The van der Waals surface area contributed by atoms with Crippen LogP contribution < -0.4 is 0 Å². The van der Waals surface area contributed by atoms with Gasteiger partial charge in [-0.2, -0.15) is 18.3 Å². The Labute approximate surface area is 153 Å². The maximum atomic E-state index is 12.6. The maximum absolute atomic E-state index is 12.6. The number of aromatic hydroxyl groups is 1. The lowest BCUT2D eigenvalue weighted by Gasteiger charge is -2.06. The molecule has 27 heavy (non-hydrogen) atoms. The van der Waals surface area contributed by atoms with Crippen LogP contribution in [0.3, 0.4) is 0 Å². The molecule has 0 amide bonds. The lowest BCUT2D eigenvalue weighted by Crippen LogP contribution is -2.05. The fourth-order valence-corrected chi connectivity index (χ4v) is 2.52. The van der Waals surface area contributed by atoms with Gasteiger partial charge in [0, 0.05) is 24.2 Å². The van der Waals surface area contributed by atoms with Crippen LogP contribution in [0.2, 0.25) is 0 Å². The highest BCUT2D eigenvalue weighted by Gasteiger charge is 2.29. The summed E-state index contributed by atoms with van der Waals surface area (Å²) >= 11 is 0. The number of benzene rings is 2. The summed E-state index contributed by atoms with van der Waals surface area (Å²) in [6.07, 6.45) is 0.371. The highest BCUT2D eigenvalue weighted by atomic mass is 19.4. The van der Waals surface area contributed by atoms with Crippen LogP contribution in [-0.2, 0) is 6.18 Å². The van der Waals surface area contributed by atoms with Crippen LogP contribution in [0.1, 0.15) is 28.4 Å². The van der Waals surface area contributed by atoms with E-state index in [1.807, 2.05) is 0 Å². The molecular weight excluding hydrogens is 357 g/mol. The second-order valence-electron chi connectivity index (χ2n) is 5.87. The molecule has 0 aliphatic carbocycles. The summed E-state index contributed by atoms with van der Waals surface area (Å²) in [5.74, 6) is -0.295. The highest BCUT2D eigenvalue weighted by molar-refractivity contribution is 5.84. The highest BCUT2D eigenvalue weighted by Crippen LogP contribution is 2.32. The number of carbonyl (C=O) groups is 1. The van der Waals surface area contributed by atoms with E-state index in [0.29, 0.717) is 22.4 Å². The van der Waals surface area contributed by atoms with E-state index in [-0.39, 0.29) is 11.7 Å². The first-order valence-corrected chi connectivity index (χ1v) is 8.00. The molecule has 0 spiro atoms. The number of carbonyl (C=O) groups excluding carboxylic acids is 1. The van der Waals surface area contributed by atoms with Crippen LogP contribution in [0.25, 0.3) is 23.4 Å². The average molecular weight is 372 g/mol. The summed E-state index contributed by atoms with van der Waals surface area (Å²) in [6.45, 7) is 1.35. The lowest BCUT2D eigenvalue weighted by atomic mass is 10.1. The molecule has 0 saturated carbocycles. The van der Waals surface area contributed by atoms with E-state index in [2.05, 4.69) is 5.10 Å². The largest absolute Gasteiger partial charge is 0.507 e. The normalized spacial score (nSPS) is 11.9. The van der Waals surface area contributed by atoms with Gasteiger partial charge in [-0.3, -0.25) is 4.79 Å². The third-order valence-electron chi connectivity index (χ3n) is 3.92. The Morgan fingerprint density at radius 3 is 2.33 bits per heavy atom. The topological polar surface area (TPSA) is 55.1 Å². The summed E-state index contributed by atoms with van der Waals surface area (Å²) in [7, 11) is 0. The fourth-order valence-electron chi connectivity index (χ4n) is 2.52. The van der Waals surface area contributed by atoms with E-state index >= 15 is 0 Å². The molecule has 0 radical (unpaired) electrons. The molecule has 0 fully saturated rings. The number of nitrogens with zero attached hydrogens (tertiary/aromatic N) is 2. The van der Waals surface area contributed by atoms with Crippen molar-refractivity contribution in [3.63, 3.8) is 0 Å². The number of hydrogen-bond acceptors (Lipinski definition) is 3. The van der Waals surface area contributed by atoms with Gasteiger partial charge in [0.15, 0.2) is 0 Å². The van der Waals surface area contributed by atoms with Crippen LogP contribution in [0.15, 0.2) is 54.7 Å². The number of alkyl halides is 3. The van der Waals surface area contributed by atoms with Gasteiger partial charge in [0.25, 0.3) is 0 Å². The van der Waals surface area contributed by atoms with E-state index in [1.54, 1.807) is 30.4 Å². The predicted octanol–water partition coefficient (Wildman–Crippen LogP) is 5.11. The molecule has 1 aromatic heterocycles. The van der Waals surface area contributed by atoms with Crippen molar-refractivity contribution in [1.82, 2.24) is 9.78 Å². The van der Waals surface area contributed by atoms with Gasteiger partial charge in [-0.15, -0.1) is 0 Å². The van der Waals surface area contributed by atoms with Crippen LogP contribution in [-0.4, -0.2) is 20.8 Å². The van der Waals surface area contributed by atoms with E-state index in [0.717, 1.165) is 16.8 Å². The van der Waals surface area contributed by atoms with Gasteiger partial charge in [0.2, 0.25) is 5.91 Å². The van der Waals surface area contributed by atoms with Crippen LogP contribution in [0, 0.1) is 0 Å². The number of halogens is 3. The Morgan fingerprint density at radius 2 is 1.74 bits per heavy atom. The monoisotopic (exact) mass is 372 g/mol. The average Bonchev–Trinajstić information content (AvgIpc) is 3.04. The van der Waals surface area contributed by atoms with Crippen molar-refractivity contribution >= 4 is 18.1 Å². The molecule has 2 aromatic carbocycles. The summed E-state index contributed by atoms with van der Waals surface area (Å²) in [5, 5.41) is 14.3. The second-order valence-corrected chi connectivity index (χ2v) is 5.87. The van der Waals surface area contributed by atoms with Gasteiger partial charge < -0.3 is 5.11 Å². The summed E-state index contributed by atoms with van der Waals surface area (Å²) in [5.41, 5.74) is 1.23. The van der Waals surface area contributed by atoms with Gasteiger partial charge in [-0.25, -0.2) is 4.68 Å². The zero-order valence-corrected chi connectivity index (χ0v) is 14.2. The SMILES string of the molecule is CC(=O)n1cc(/C=C\c2ccc(C(F)(F)F)cc2)c(-c2ccccc2O)n1. The maximum Gasteiger partial charge on any atom is 0.416 e. The third kappa shape index (κ3) is 4.08. The molecule has 7 heteroatoms. The first kappa shape index (κ1) is 18.4. The minimum atomic E-state index is -4.39. The Bertz CT molecular complexity index is 1000. The molecule has 0 aliphatic heterocycles. The molecule has 0 bridgehead atoms.